The molecule has 21 heavy (non-hydrogen) atoms. The quantitative estimate of drug-likeness (QED) is 0.863. The van der Waals surface area contributed by atoms with E-state index in [1.807, 2.05) is 30.3 Å². The summed E-state index contributed by atoms with van der Waals surface area (Å²) in [7, 11) is 3.21. The number of aliphatic hydroxyl groups excluding tert-OH is 1. The van der Waals surface area contributed by atoms with Crippen molar-refractivity contribution in [3.63, 3.8) is 0 Å². The molecule has 0 saturated carbocycles. The fourth-order valence-electron chi connectivity index (χ4n) is 1.88. The van der Waals surface area contributed by atoms with Crippen molar-refractivity contribution in [2.24, 2.45) is 0 Å². The second kappa shape index (κ2) is 7.33. The first-order valence-corrected chi connectivity index (χ1v) is 7.20. The first-order valence-electron chi connectivity index (χ1n) is 6.41. The van der Waals surface area contributed by atoms with Crippen LogP contribution in [0.25, 0.3) is 0 Å². The van der Waals surface area contributed by atoms with E-state index in [1.54, 1.807) is 20.3 Å². The monoisotopic (exact) mass is 352 g/mol. The summed E-state index contributed by atoms with van der Waals surface area (Å²) < 4.78 is 17.0. The summed E-state index contributed by atoms with van der Waals surface area (Å²) in [6, 6.07) is 11.2. The molecule has 0 atom stereocenters. The van der Waals surface area contributed by atoms with E-state index in [0.717, 1.165) is 21.3 Å². The number of hydrogen-bond donors (Lipinski definition) is 1. The SMILES string of the molecule is COc1ccc(COc2c(Br)cc(CO)cc2OC)cc1. The van der Waals surface area contributed by atoms with Crippen molar-refractivity contribution in [3.05, 3.63) is 52.0 Å². The fourth-order valence-corrected chi connectivity index (χ4v) is 2.49. The molecule has 0 aliphatic rings. The molecule has 0 aliphatic heterocycles. The predicted octanol–water partition coefficient (Wildman–Crippen LogP) is 3.54. The maximum atomic E-state index is 9.20. The molecule has 0 bridgehead atoms. The zero-order valence-electron chi connectivity index (χ0n) is 11.9. The van der Waals surface area contributed by atoms with Gasteiger partial charge in [0, 0.05) is 0 Å². The van der Waals surface area contributed by atoms with Gasteiger partial charge in [0.05, 0.1) is 25.3 Å². The van der Waals surface area contributed by atoms with Gasteiger partial charge >= 0.3 is 0 Å². The van der Waals surface area contributed by atoms with Crippen LogP contribution in [0, 0.1) is 0 Å². The van der Waals surface area contributed by atoms with Gasteiger partial charge in [-0.3, -0.25) is 0 Å². The molecular weight excluding hydrogens is 336 g/mol. The Kier molecular flexibility index (Phi) is 5.47. The Labute approximate surface area is 132 Å². The van der Waals surface area contributed by atoms with Gasteiger partial charge in [0.25, 0.3) is 0 Å². The Hall–Kier alpha value is -1.72. The maximum Gasteiger partial charge on any atom is 0.175 e. The lowest BCUT2D eigenvalue weighted by atomic mass is 10.2. The molecule has 2 rings (SSSR count). The molecule has 4 nitrogen and oxygen atoms in total. The van der Waals surface area contributed by atoms with E-state index in [0.29, 0.717) is 18.1 Å². The zero-order chi connectivity index (χ0) is 15.2. The highest BCUT2D eigenvalue weighted by atomic mass is 79.9. The summed E-state index contributed by atoms with van der Waals surface area (Å²) in [5, 5.41) is 9.20. The normalized spacial score (nSPS) is 10.3. The minimum absolute atomic E-state index is 0.0479. The average Bonchev–Trinajstić information content (AvgIpc) is 2.53. The number of aliphatic hydroxyl groups is 1. The van der Waals surface area contributed by atoms with Crippen LogP contribution in [0.5, 0.6) is 17.2 Å². The Morgan fingerprint density at radius 1 is 1.00 bits per heavy atom. The Morgan fingerprint density at radius 3 is 2.29 bits per heavy atom. The molecule has 0 saturated heterocycles. The molecule has 0 amide bonds. The van der Waals surface area contributed by atoms with Gasteiger partial charge in [0.1, 0.15) is 12.4 Å². The molecule has 0 unspecified atom stereocenters. The summed E-state index contributed by atoms with van der Waals surface area (Å²) in [6.45, 7) is 0.366. The largest absolute Gasteiger partial charge is 0.497 e. The van der Waals surface area contributed by atoms with Crippen LogP contribution in [0.15, 0.2) is 40.9 Å². The van der Waals surface area contributed by atoms with Crippen LogP contribution in [0.1, 0.15) is 11.1 Å². The first-order chi connectivity index (χ1) is 10.2. The van der Waals surface area contributed by atoms with Crippen molar-refractivity contribution < 1.29 is 19.3 Å². The van der Waals surface area contributed by atoms with E-state index < -0.39 is 0 Å². The number of rotatable bonds is 6. The molecule has 112 valence electrons. The Morgan fingerprint density at radius 2 is 1.71 bits per heavy atom. The van der Waals surface area contributed by atoms with E-state index in [9.17, 15) is 5.11 Å². The second-order valence-corrected chi connectivity index (χ2v) is 5.26. The summed E-state index contributed by atoms with van der Waals surface area (Å²) >= 11 is 3.44. The number of ether oxygens (including phenoxy) is 3. The lowest BCUT2D eigenvalue weighted by Crippen LogP contribution is -2.00. The van der Waals surface area contributed by atoms with Crippen molar-refractivity contribution in [2.45, 2.75) is 13.2 Å². The minimum atomic E-state index is -0.0479. The molecule has 0 fully saturated rings. The third kappa shape index (κ3) is 3.89. The number of benzene rings is 2. The van der Waals surface area contributed by atoms with E-state index in [-0.39, 0.29) is 6.61 Å². The van der Waals surface area contributed by atoms with Crippen LogP contribution >= 0.6 is 15.9 Å². The molecule has 0 spiro atoms. The summed E-state index contributed by atoms with van der Waals surface area (Å²) in [5.74, 6) is 2.01. The van der Waals surface area contributed by atoms with Gasteiger partial charge in [-0.15, -0.1) is 0 Å². The van der Waals surface area contributed by atoms with Crippen molar-refractivity contribution in [2.75, 3.05) is 14.2 Å². The van der Waals surface area contributed by atoms with E-state index in [1.165, 1.54) is 0 Å². The highest BCUT2D eigenvalue weighted by molar-refractivity contribution is 9.10. The Balaban J connectivity index is 2.15. The summed E-state index contributed by atoms with van der Waals surface area (Å²) in [4.78, 5) is 0. The highest BCUT2D eigenvalue weighted by Gasteiger charge is 2.11. The van der Waals surface area contributed by atoms with E-state index >= 15 is 0 Å². The molecule has 0 radical (unpaired) electrons. The molecule has 0 aliphatic carbocycles. The van der Waals surface area contributed by atoms with Crippen LogP contribution in [0.3, 0.4) is 0 Å². The molecule has 2 aromatic carbocycles. The van der Waals surface area contributed by atoms with Gasteiger partial charge in [-0.2, -0.15) is 0 Å². The molecule has 2 aromatic rings. The van der Waals surface area contributed by atoms with Gasteiger partial charge in [-0.1, -0.05) is 12.1 Å². The molecular formula is C16H17BrO4. The molecule has 1 N–H and O–H groups in total. The van der Waals surface area contributed by atoms with Gasteiger partial charge in [0.15, 0.2) is 11.5 Å². The van der Waals surface area contributed by atoms with Crippen LogP contribution in [-0.2, 0) is 13.2 Å². The zero-order valence-corrected chi connectivity index (χ0v) is 13.5. The van der Waals surface area contributed by atoms with Crippen LogP contribution in [-0.4, -0.2) is 19.3 Å². The average molecular weight is 353 g/mol. The van der Waals surface area contributed by atoms with Gasteiger partial charge in [-0.05, 0) is 51.3 Å². The molecule has 0 heterocycles. The second-order valence-electron chi connectivity index (χ2n) is 4.40. The van der Waals surface area contributed by atoms with Crippen molar-refractivity contribution in [1.82, 2.24) is 0 Å². The lowest BCUT2D eigenvalue weighted by molar-refractivity contribution is 0.273. The highest BCUT2D eigenvalue weighted by Crippen LogP contribution is 2.37. The van der Waals surface area contributed by atoms with Crippen molar-refractivity contribution in [3.8, 4) is 17.2 Å². The standard InChI is InChI=1S/C16H17BrO4/c1-19-13-5-3-11(4-6-13)10-21-16-14(17)7-12(9-18)8-15(16)20-2/h3-8,18H,9-10H2,1-2H3. The Bertz CT molecular complexity index is 596. The third-order valence-electron chi connectivity index (χ3n) is 3.01. The van der Waals surface area contributed by atoms with Crippen molar-refractivity contribution in [1.29, 1.82) is 0 Å². The fraction of sp³-hybridized carbons (Fsp3) is 0.250. The smallest absolute Gasteiger partial charge is 0.175 e. The topological polar surface area (TPSA) is 47.9 Å². The van der Waals surface area contributed by atoms with Crippen LogP contribution < -0.4 is 14.2 Å². The van der Waals surface area contributed by atoms with Gasteiger partial charge < -0.3 is 19.3 Å². The third-order valence-corrected chi connectivity index (χ3v) is 3.60. The van der Waals surface area contributed by atoms with E-state index in [4.69, 9.17) is 14.2 Å². The number of hydrogen-bond acceptors (Lipinski definition) is 4. The van der Waals surface area contributed by atoms with Gasteiger partial charge in [0.2, 0.25) is 0 Å². The maximum absolute atomic E-state index is 9.20. The van der Waals surface area contributed by atoms with E-state index in [2.05, 4.69) is 15.9 Å². The molecule has 5 heteroatoms. The molecule has 0 aromatic heterocycles. The van der Waals surface area contributed by atoms with Gasteiger partial charge in [-0.25, -0.2) is 0 Å². The lowest BCUT2D eigenvalue weighted by Gasteiger charge is -2.14. The first kappa shape index (κ1) is 15.7. The van der Waals surface area contributed by atoms with Crippen LogP contribution in [0.2, 0.25) is 0 Å². The predicted molar refractivity (Wildman–Crippen MR) is 83.9 cm³/mol. The van der Waals surface area contributed by atoms with Crippen LogP contribution in [0.4, 0.5) is 0 Å². The minimum Gasteiger partial charge on any atom is -0.497 e. The number of methoxy groups -OCH3 is 2. The summed E-state index contributed by atoms with van der Waals surface area (Å²) in [5.41, 5.74) is 1.78. The summed E-state index contributed by atoms with van der Waals surface area (Å²) in [6.07, 6.45) is 0. The van der Waals surface area contributed by atoms with Crippen molar-refractivity contribution >= 4 is 15.9 Å². The number of halogens is 1.